The average Bonchev–Trinajstić information content (AvgIpc) is 3.36. The third-order valence-electron chi connectivity index (χ3n) is 4.79. The highest BCUT2D eigenvalue weighted by molar-refractivity contribution is 5.80. The highest BCUT2D eigenvalue weighted by Gasteiger charge is 2.25. The summed E-state index contributed by atoms with van der Waals surface area (Å²) in [4.78, 5) is 6.86. The zero-order valence-corrected chi connectivity index (χ0v) is 15.1. The van der Waals surface area contributed by atoms with Crippen LogP contribution in [-0.4, -0.2) is 37.5 Å². The molecule has 0 aliphatic carbocycles. The first kappa shape index (κ1) is 17.5. The molecule has 1 aromatic carbocycles. The number of furan rings is 1. The fraction of sp³-hybridized carbons (Fsp3) is 0.450. The van der Waals surface area contributed by atoms with Crippen LogP contribution in [0.25, 0.3) is 0 Å². The Bertz CT molecular complexity index is 648. The van der Waals surface area contributed by atoms with Gasteiger partial charge in [0, 0.05) is 13.6 Å². The summed E-state index contributed by atoms with van der Waals surface area (Å²) in [5.41, 5.74) is 1.24. The summed E-state index contributed by atoms with van der Waals surface area (Å²) in [5, 5.41) is 6.94. The van der Waals surface area contributed by atoms with Crippen molar-refractivity contribution in [2.75, 3.05) is 26.7 Å². The van der Waals surface area contributed by atoms with Gasteiger partial charge in [-0.25, -0.2) is 0 Å². The van der Waals surface area contributed by atoms with Crippen molar-refractivity contribution < 1.29 is 4.42 Å². The highest BCUT2D eigenvalue weighted by Crippen LogP contribution is 2.24. The molecule has 25 heavy (non-hydrogen) atoms. The normalized spacial score (nSPS) is 18.1. The molecule has 2 atom stereocenters. The first-order chi connectivity index (χ1) is 12.3. The van der Waals surface area contributed by atoms with Crippen molar-refractivity contribution in [2.24, 2.45) is 4.99 Å². The van der Waals surface area contributed by atoms with Gasteiger partial charge in [-0.15, -0.1) is 0 Å². The summed E-state index contributed by atoms with van der Waals surface area (Å²) in [6, 6.07) is 14.9. The van der Waals surface area contributed by atoms with Gasteiger partial charge in [-0.3, -0.25) is 9.89 Å². The van der Waals surface area contributed by atoms with Gasteiger partial charge < -0.3 is 15.1 Å². The minimum atomic E-state index is 0.196. The average molecular weight is 340 g/mol. The fourth-order valence-corrected chi connectivity index (χ4v) is 3.36. The van der Waals surface area contributed by atoms with Crippen LogP contribution < -0.4 is 10.6 Å². The second kappa shape index (κ2) is 8.72. The first-order valence-electron chi connectivity index (χ1n) is 9.07. The standard InChI is InChI=1S/C20H28N4O/c1-16(17-9-4-3-5-10-17)23-20(21-2)22-15-18(19-11-8-14-25-19)24-12-6-7-13-24/h3-5,8-11,14,16,18H,6-7,12-13,15H2,1-2H3,(H2,21,22,23). The molecule has 0 amide bonds. The lowest BCUT2D eigenvalue weighted by Crippen LogP contribution is -2.43. The van der Waals surface area contributed by atoms with E-state index >= 15 is 0 Å². The number of guanidine groups is 1. The van der Waals surface area contributed by atoms with Crippen molar-refractivity contribution in [3.8, 4) is 0 Å². The zero-order chi connectivity index (χ0) is 17.5. The Morgan fingerprint density at radius 3 is 2.56 bits per heavy atom. The van der Waals surface area contributed by atoms with E-state index in [9.17, 15) is 0 Å². The van der Waals surface area contributed by atoms with Gasteiger partial charge in [0.15, 0.2) is 5.96 Å². The van der Waals surface area contributed by atoms with Crippen LogP contribution in [0.4, 0.5) is 0 Å². The molecule has 2 aromatic rings. The molecule has 0 saturated carbocycles. The molecule has 2 heterocycles. The monoisotopic (exact) mass is 340 g/mol. The van der Waals surface area contributed by atoms with Crippen LogP contribution >= 0.6 is 0 Å². The third-order valence-corrected chi connectivity index (χ3v) is 4.79. The minimum absolute atomic E-state index is 0.196. The van der Waals surface area contributed by atoms with Crippen LogP contribution in [0.5, 0.6) is 0 Å². The molecule has 5 heteroatoms. The van der Waals surface area contributed by atoms with Crippen LogP contribution in [-0.2, 0) is 0 Å². The molecule has 1 aromatic heterocycles. The number of nitrogens with zero attached hydrogens (tertiary/aromatic N) is 2. The molecule has 1 saturated heterocycles. The van der Waals surface area contributed by atoms with Crippen molar-refractivity contribution in [1.29, 1.82) is 0 Å². The Balaban J connectivity index is 1.60. The lowest BCUT2D eigenvalue weighted by Gasteiger charge is -2.27. The van der Waals surface area contributed by atoms with Gasteiger partial charge in [-0.05, 0) is 50.6 Å². The lowest BCUT2D eigenvalue weighted by atomic mass is 10.1. The Labute approximate surface area is 150 Å². The summed E-state index contributed by atoms with van der Waals surface area (Å²) in [7, 11) is 1.81. The van der Waals surface area contributed by atoms with Gasteiger partial charge in [0.1, 0.15) is 5.76 Å². The minimum Gasteiger partial charge on any atom is -0.468 e. The van der Waals surface area contributed by atoms with E-state index in [2.05, 4.69) is 57.8 Å². The number of nitrogens with one attached hydrogen (secondary N) is 2. The van der Waals surface area contributed by atoms with Crippen LogP contribution in [0.1, 0.15) is 43.2 Å². The van der Waals surface area contributed by atoms with E-state index in [0.717, 1.165) is 31.4 Å². The van der Waals surface area contributed by atoms with Crippen LogP contribution in [0.3, 0.4) is 0 Å². The number of aliphatic imine (C=N–C) groups is 1. The van der Waals surface area contributed by atoms with E-state index in [-0.39, 0.29) is 12.1 Å². The first-order valence-corrected chi connectivity index (χ1v) is 9.07. The van der Waals surface area contributed by atoms with Crippen molar-refractivity contribution in [2.45, 2.75) is 31.8 Å². The topological polar surface area (TPSA) is 52.8 Å². The number of hydrogen-bond donors (Lipinski definition) is 2. The van der Waals surface area contributed by atoms with Gasteiger partial charge >= 0.3 is 0 Å². The van der Waals surface area contributed by atoms with E-state index in [1.54, 1.807) is 6.26 Å². The molecule has 2 unspecified atom stereocenters. The second-order valence-corrected chi connectivity index (χ2v) is 6.50. The van der Waals surface area contributed by atoms with Gasteiger partial charge in [-0.2, -0.15) is 0 Å². The second-order valence-electron chi connectivity index (χ2n) is 6.50. The van der Waals surface area contributed by atoms with E-state index < -0.39 is 0 Å². The summed E-state index contributed by atoms with van der Waals surface area (Å²) in [6.07, 6.45) is 4.27. The molecule has 1 aliphatic heterocycles. The predicted molar refractivity (Wildman–Crippen MR) is 102 cm³/mol. The van der Waals surface area contributed by atoms with Crippen LogP contribution in [0.15, 0.2) is 58.1 Å². The summed E-state index contributed by atoms with van der Waals surface area (Å²) in [6.45, 7) is 5.17. The number of benzene rings is 1. The molecule has 0 radical (unpaired) electrons. The molecule has 0 spiro atoms. The smallest absolute Gasteiger partial charge is 0.191 e. The quantitative estimate of drug-likeness (QED) is 0.625. The maximum absolute atomic E-state index is 5.68. The van der Waals surface area contributed by atoms with Crippen molar-refractivity contribution in [3.05, 3.63) is 60.1 Å². The predicted octanol–water partition coefficient (Wildman–Crippen LogP) is 3.34. The van der Waals surface area contributed by atoms with E-state index in [1.807, 2.05) is 19.2 Å². The lowest BCUT2D eigenvalue weighted by molar-refractivity contribution is 0.215. The Morgan fingerprint density at radius 1 is 1.16 bits per heavy atom. The zero-order valence-electron chi connectivity index (χ0n) is 15.1. The van der Waals surface area contributed by atoms with E-state index in [0.29, 0.717) is 0 Å². The molecule has 3 rings (SSSR count). The molecular weight excluding hydrogens is 312 g/mol. The summed E-state index contributed by atoms with van der Waals surface area (Å²) in [5.74, 6) is 1.83. The molecule has 134 valence electrons. The maximum Gasteiger partial charge on any atom is 0.191 e. The third kappa shape index (κ3) is 4.63. The fourth-order valence-electron chi connectivity index (χ4n) is 3.36. The van der Waals surface area contributed by atoms with Gasteiger partial charge in [0.2, 0.25) is 0 Å². The van der Waals surface area contributed by atoms with Crippen LogP contribution in [0, 0.1) is 0 Å². The summed E-state index contributed by atoms with van der Waals surface area (Å²) < 4.78 is 5.68. The SMILES string of the molecule is CN=C(NCC(c1ccco1)N1CCCC1)NC(C)c1ccccc1. The van der Waals surface area contributed by atoms with Gasteiger partial charge in [-0.1, -0.05) is 30.3 Å². The van der Waals surface area contributed by atoms with Gasteiger partial charge in [0.05, 0.1) is 18.3 Å². The van der Waals surface area contributed by atoms with Gasteiger partial charge in [0.25, 0.3) is 0 Å². The summed E-state index contributed by atoms with van der Waals surface area (Å²) >= 11 is 0. The number of likely N-dealkylation sites (tertiary alicyclic amines) is 1. The Hall–Kier alpha value is -2.27. The highest BCUT2D eigenvalue weighted by atomic mass is 16.3. The maximum atomic E-state index is 5.68. The van der Waals surface area contributed by atoms with E-state index in [4.69, 9.17) is 4.42 Å². The molecule has 1 aliphatic rings. The molecular formula is C20H28N4O. The van der Waals surface area contributed by atoms with Crippen molar-refractivity contribution >= 4 is 5.96 Å². The molecule has 2 N–H and O–H groups in total. The van der Waals surface area contributed by atoms with Crippen LogP contribution in [0.2, 0.25) is 0 Å². The number of rotatable bonds is 6. The Morgan fingerprint density at radius 2 is 1.92 bits per heavy atom. The Kier molecular flexibility index (Phi) is 6.12. The molecule has 1 fully saturated rings. The number of hydrogen-bond acceptors (Lipinski definition) is 3. The molecule has 0 bridgehead atoms. The van der Waals surface area contributed by atoms with Crippen molar-refractivity contribution in [1.82, 2.24) is 15.5 Å². The molecule has 5 nitrogen and oxygen atoms in total. The largest absolute Gasteiger partial charge is 0.468 e. The van der Waals surface area contributed by atoms with E-state index in [1.165, 1.54) is 18.4 Å². The van der Waals surface area contributed by atoms with Crippen molar-refractivity contribution in [3.63, 3.8) is 0 Å².